The minimum atomic E-state index is -0.475. The summed E-state index contributed by atoms with van der Waals surface area (Å²) >= 11 is 0. The number of hydrogen-bond donors (Lipinski definition) is 0. The largest absolute Gasteiger partial charge is 0.496 e. The predicted molar refractivity (Wildman–Crippen MR) is 127 cm³/mol. The van der Waals surface area contributed by atoms with Crippen LogP contribution in [0.15, 0.2) is 35.6 Å². The number of nitrogens with zero attached hydrogens (tertiary/aromatic N) is 4. The Morgan fingerprint density at radius 1 is 1.18 bits per heavy atom. The first-order chi connectivity index (χ1) is 16.0. The van der Waals surface area contributed by atoms with Crippen molar-refractivity contribution in [3.8, 4) is 11.6 Å². The second kappa shape index (κ2) is 9.68. The highest BCUT2D eigenvalue weighted by Gasteiger charge is 2.41. The summed E-state index contributed by atoms with van der Waals surface area (Å²) in [6.07, 6.45) is 3.38. The van der Waals surface area contributed by atoms with Crippen molar-refractivity contribution in [2.24, 2.45) is 0 Å². The smallest absolute Gasteiger partial charge is 0.338 e. The first kappa shape index (κ1) is 22.9. The van der Waals surface area contributed by atoms with Crippen molar-refractivity contribution >= 4 is 17.7 Å². The molecule has 1 saturated heterocycles. The molecule has 176 valence electrons. The second-order valence-electron chi connectivity index (χ2n) is 8.48. The van der Waals surface area contributed by atoms with Gasteiger partial charge in [-0.05, 0) is 39.2 Å². The van der Waals surface area contributed by atoms with E-state index in [9.17, 15) is 4.79 Å². The Morgan fingerprint density at radius 2 is 1.91 bits per heavy atom. The molecule has 8 heteroatoms. The van der Waals surface area contributed by atoms with Gasteiger partial charge in [-0.25, -0.2) is 4.79 Å². The number of anilines is 2. The molecule has 1 atom stereocenters. The van der Waals surface area contributed by atoms with Gasteiger partial charge in [-0.3, -0.25) is 0 Å². The summed E-state index contributed by atoms with van der Waals surface area (Å²) in [4.78, 5) is 27.0. The summed E-state index contributed by atoms with van der Waals surface area (Å²) < 4.78 is 17.4. The van der Waals surface area contributed by atoms with Crippen LogP contribution < -0.4 is 19.3 Å². The van der Waals surface area contributed by atoms with Crippen LogP contribution in [0.2, 0.25) is 0 Å². The van der Waals surface area contributed by atoms with Crippen molar-refractivity contribution in [3.63, 3.8) is 0 Å². The lowest BCUT2D eigenvalue weighted by Crippen LogP contribution is -2.34. The Labute approximate surface area is 195 Å². The van der Waals surface area contributed by atoms with E-state index in [4.69, 9.17) is 24.2 Å². The maximum atomic E-state index is 13.2. The molecule has 8 nitrogen and oxygen atoms in total. The SMILES string of the molecule is CCOC(=O)C1=C(C)Oc2nc(N(C)C)nc(N3CCCCC3)c2C1c1ccccc1OC. The van der Waals surface area contributed by atoms with E-state index in [1.807, 2.05) is 43.3 Å². The van der Waals surface area contributed by atoms with Crippen molar-refractivity contribution < 1.29 is 19.0 Å². The highest BCUT2D eigenvalue weighted by atomic mass is 16.5. The van der Waals surface area contributed by atoms with Crippen LogP contribution in [0.1, 0.15) is 50.2 Å². The number of carbonyl (C=O) groups is 1. The second-order valence-corrected chi connectivity index (χ2v) is 8.48. The van der Waals surface area contributed by atoms with Crippen molar-refractivity contribution in [1.82, 2.24) is 9.97 Å². The summed E-state index contributed by atoms with van der Waals surface area (Å²) in [6, 6.07) is 7.74. The molecule has 0 aliphatic carbocycles. The molecule has 0 saturated carbocycles. The normalized spacial score (nSPS) is 17.8. The molecule has 33 heavy (non-hydrogen) atoms. The van der Waals surface area contributed by atoms with E-state index < -0.39 is 11.9 Å². The number of esters is 1. The third kappa shape index (κ3) is 4.34. The lowest BCUT2D eigenvalue weighted by atomic mass is 9.82. The number of piperidine rings is 1. The van der Waals surface area contributed by atoms with Crippen LogP contribution in [0.3, 0.4) is 0 Å². The monoisotopic (exact) mass is 452 g/mol. The van der Waals surface area contributed by atoms with Crippen LogP contribution >= 0.6 is 0 Å². The van der Waals surface area contributed by atoms with Gasteiger partial charge in [0.1, 0.15) is 17.3 Å². The Kier molecular flexibility index (Phi) is 6.72. The van der Waals surface area contributed by atoms with E-state index in [0.717, 1.165) is 42.9 Å². The first-order valence-corrected chi connectivity index (χ1v) is 11.5. The van der Waals surface area contributed by atoms with Gasteiger partial charge in [-0.1, -0.05) is 18.2 Å². The van der Waals surface area contributed by atoms with Gasteiger partial charge in [0.05, 0.1) is 30.8 Å². The zero-order chi connectivity index (χ0) is 23.5. The minimum Gasteiger partial charge on any atom is -0.496 e. The molecular weight excluding hydrogens is 420 g/mol. The van der Waals surface area contributed by atoms with Gasteiger partial charge in [0, 0.05) is 32.7 Å². The number of para-hydroxylation sites is 1. The fourth-order valence-electron chi connectivity index (χ4n) is 4.54. The summed E-state index contributed by atoms with van der Waals surface area (Å²) in [5, 5.41) is 0. The number of rotatable bonds is 6. The fraction of sp³-hybridized carbons (Fsp3) is 0.480. The molecule has 1 unspecified atom stereocenters. The van der Waals surface area contributed by atoms with Gasteiger partial charge in [-0.2, -0.15) is 9.97 Å². The molecule has 1 aromatic carbocycles. The molecule has 0 bridgehead atoms. The van der Waals surface area contributed by atoms with E-state index >= 15 is 0 Å². The van der Waals surface area contributed by atoms with Crippen molar-refractivity contribution in [1.29, 1.82) is 0 Å². The van der Waals surface area contributed by atoms with Gasteiger partial charge in [0.25, 0.3) is 0 Å². The van der Waals surface area contributed by atoms with Crippen LogP contribution in [-0.4, -0.2) is 56.8 Å². The van der Waals surface area contributed by atoms with Gasteiger partial charge in [0.15, 0.2) is 0 Å². The third-order valence-electron chi connectivity index (χ3n) is 6.09. The quantitative estimate of drug-likeness (QED) is 0.611. The Morgan fingerprint density at radius 3 is 2.58 bits per heavy atom. The molecule has 1 fully saturated rings. The van der Waals surface area contributed by atoms with E-state index in [2.05, 4.69) is 4.90 Å². The summed E-state index contributed by atoms with van der Waals surface area (Å²) in [6.45, 7) is 5.65. The number of ether oxygens (including phenoxy) is 3. The summed E-state index contributed by atoms with van der Waals surface area (Å²) in [5.41, 5.74) is 2.08. The highest BCUT2D eigenvalue weighted by Crippen LogP contribution is 2.49. The maximum absolute atomic E-state index is 13.2. The van der Waals surface area contributed by atoms with E-state index in [1.54, 1.807) is 21.0 Å². The van der Waals surface area contributed by atoms with Crippen LogP contribution in [0.5, 0.6) is 11.6 Å². The summed E-state index contributed by atoms with van der Waals surface area (Å²) in [7, 11) is 5.46. The number of allylic oxidation sites excluding steroid dienone is 1. The zero-order valence-corrected chi connectivity index (χ0v) is 20.1. The van der Waals surface area contributed by atoms with Gasteiger partial charge >= 0.3 is 5.97 Å². The number of methoxy groups -OCH3 is 1. The minimum absolute atomic E-state index is 0.274. The van der Waals surface area contributed by atoms with Gasteiger partial charge in [-0.15, -0.1) is 0 Å². The molecule has 2 aliphatic rings. The van der Waals surface area contributed by atoms with E-state index in [-0.39, 0.29) is 6.61 Å². The molecule has 1 aromatic heterocycles. The fourth-order valence-corrected chi connectivity index (χ4v) is 4.54. The van der Waals surface area contributed by atoms with Gasteiger partial charge in [0.2, 0.25) is 11.8 Å². The number of hydrogen-bond acceptors (Lipinski definition) is 8. The van der Waals surface area contributed by atoms with Crippen molar-refractivity contribution in [2.45, 2.75) is 39.0 Å². The lowest BCUT2D eigenvalue weighted by Gasteiger charge is -2.35. The highest BCUT2D eigenvalue weighted by molar-refractivity contribution is 5.93. The van der Waals surface area contributed by atoms with Crippen molar-refractivity contribution in [3.05, 3.63) is 46.7 Å². The van der Waals surface area contributed by atoms with Crippen LogP contribution in [0, 0.1) is 0 Å². The molecule has 4 rings (SSSR count). The summed E-state index contributed by atoms with van der Waals surface area (Å²) in [5.74, 6) is 2.12. The molecule has 0 spiro atoms. The topological polar surface area (TPSA) is 77.0 Å². The number of fused-ring (bicyclic) bond motifs is 1. The van der Waals surface area contributed by atoms with Crippen molar-refractivity contribution in [2.75, 3.05) is 50.7 Å². The molecule has 0 N–H and O–H groups in total. The Hall–Kier alpha value is -3.29. The third-order valence-corrected chi connectivity index (χ3v) is 6.09. The van der Waals surface area contributed by atoms with Gasteiger partial charge < -0.3 is 24.0 Å². The number of aromatic nitrogens is 2. The number of carbonyl (C=O) groups excluding carboxylic acids is 1. The van der Waals surface area contributed by atoms with Crippen LogP contribution in [0.25, 0.3) is 0 Å². The molecule has 2 aromatic rings. The number of benzene rings is 1. The molecule has 0 radical (unpaired) electrons. The Bertz CT molecular complexity index is 1060. The molecule has 3 heterocycles. The Balaban J connectivity index is 2.00. The average Bonchev–Trinajstić information content (AvgIpc) is 2.83. The van der Waals surface area contributed by atoms with E-state index in [0.29, 0.717) is 28.9 Å². The molecular formula is C25H32N4O4. The van der Waals surface area contributed by atoms with E-state index in [1.165, 1.54) is 6.42 Å². The predicted octanol–water partition coefficient (Wildman–Crippen LogP) is 3.90. The van der Waals surface area contributed by atoms with Crippen LogP contribution in [0.4, 0.5) is 11.8 Å². The molecule has 0 amide bonds. The van der Waals surface area contributed by atoms with Crippen LogP contribution in [-0.2, 0) is 9.53 Å². The zero-order valence-electron chi connectivity index (χ0n) is 20.1. The molecule has 2 aliphatic heterocycles. The lowest BCUT2D eigenvalue weighted by molar-refractivity contribution is -0.139. The average molecular weight is 453 g/mol. The first-order valence-electron chi connectivity index (χ1n) is 11.5. The maximum Gasteiger partial charge on any atom is 0.338 e. The standard InChI is InChI=1S/C25H32N4O4/c1-6-32-24(30)19-16(2)33-23-21(20(19)17-12-8-9-13-18(17)31-5)22(26-25(27-23)28(3)4)29-14-10-7-11-15-29/h8-9,12-13,20H,6-7,10-11,14-15H2,1-5H3.